The first-order valence-corrected chi connectivity index (χ1v) is 6.60. The lowest BCUT2D eigenvalue weighted by molar-refractivity contribution is -0.141. The van der Waals surface area contributed by atoms with Crippen LogP contribution >= 0.6 is 11.6 Å². The summed E-state index contributed by atoms with van der Waals surface area (Å²) >= 11 is 5.82. The molecule has 0 saturated carbocycles. The lowest BCUT2D eigenvalue weighted by Crippen LogP contribution is -2.28. The molecule has 4 nitrogen and oxygen atoms in total. The number of nitrogens with zero attached hydrogens (tertiary/aromatic N) is 1. The van der Waals surface area contributed by atoms with Crippen LogP contribution < -0.4 is 9.47 Å². The first-order chi connectivity index (χ1) is 10.1. The molecule has 0 saturated heterocycles. The van der Waals surface area contributed by atoms with Gasteiger partial charge in [-0.15, -0.1) is 0 Å². The second-order valence-electron chi connectivity index (χ2n) is 4.27. The third kappa shape index (κ3) is 4.23. The van der Waals surface area contributed by atoms with Gasteiger partial charge in [0.25, 0.3) is 0 Å². The molecule has 1 unspecified atom stereocenters. The summed E-state index contributed by atoms with van der Waals surface area (Å²) in [5.74, 6) is 0.328. The van der Waals surface area contributed by atoms with E-state index in [4.69, 9.17) is 26.3 Å². The van der Waals surface area contributed by atoms with Crippen molar-refractivity contribution in [3.63, 3.8) is 0 Å². The molecular formula is C16H12ClNO3. The molecule has 106 valence electrons. The lowest BCUT2D eigenvalue weighted by atomic mass is 10.2. The van der Waals surface area contributed by atoms with E-state index in [2.05, 4.69) is 0 Å². The van der Waals surface area contributed by atoms with E-state index >= 15 is 0 Å². The first-order valence-electron chi connectivity index (χ1n) is 6.22. The van der Waals surface area contributed by atoms with Crippen molar-refractivity contribution < 1.29 is 14.3 Å². The largest absolute Gasteiger partial charge is 0.479 e. The second kappa shape index (κ2) is 6.78. The van der Waals surface area contributed by atoms with Crippen LogP contribution in [0.15, 0.2) is 48.5 Å². The Morgan fingerprint density at radius 1 is 1.19 bits per heavy atom. The van der Waals surface area contributed by atoms with Crippen molar-refractivity contribution in [2.75, 3.05) is 0 Å². The Kier molecular flexibility index (Phi) is 4.81. The monoisotopic (exact) mass is 301 g/mol. The average molecular weight is 302 g/mol. The maximum atomic E-state index is 11.9. The van der Waals surface area contributed by atoms with Crippen molar-refractivity contribution in [1.29, 1.82) is 5.26 Å². The zero-order valence-electron chi connectivity index (χ0n) is 11.2. The summed E-state index contributed by atoms with van der Waals surface area (Å²) in [4.78, 5) is 11.9. The van der Waals surface area contributed by atoms with Crippen molar-refractivity contribution in [2.45, 2.75) is 13.0 Å². The molecule has 0 aromatic heterocycles. The minimum Gasteiger partial charge on any atom is -0.479 e. The summed E-state index contributed by atoms with van der Waals surface area (Å²) in [5.41, 5.74) is 0.525. The third-order valence-corrected chi connectivity index (χ3v) is 2.88. The van der Waals surface area contributed by atoms with Crippen LogP contribution in [0.25, 0.3) is 0 Å². The van der Waals surface area contributed by atoms with Crippen molar-refractivity contribution in [3.05, 3.63) is 59.1 Å². The molecule has 0 fully saturated rings. The Morgan fingerprint density at radius 2 is 1.90 bits per heavy atom. The number of halogens is 1. The third-order valence-electron chi connectivity index (χ3n) is 2.64. The number of hydrogen-bond acceptors (Lipinski definition) is 4. The standard InChI is InChI=1S/C16H12ClNO3/c1-11(20-14-7-5-12(10-18)6-8-14)16(19)21-15-4-2-3-13(17)9-15/h2-9,11H,1H3. The molecular weight excluding hydrogens is 290 g/mol. The van der Waals surface area contributed by atoms with Gasteiger partial charge in [-0.25, -0.2) is 4.79 Å². The highest BCUT2D eigenvalue weighted by Gasteiger charge is 2.17. The highest BCUT2D eigenvalue weighted by atomic mass is 35.5. The van der Waals surface area contributed by atoms with E-state index in [0.717, 1.165) is 0 Å². The molecule has 0 N–H and O–H groups in total. The molecule has 21 heavy (non-hydrogen) atoms. The van der Waals surface area contributed by atoms with Gasteiger partial charge in [-0.1, -0.05) is 17.7 Å². The molecule has 0 radical (unpaired) electrons. The molecule has 2 aromatic carbocycles. The zero-order valence-corrected chi connectivity index (χ0v) is 12.0. The van der Waals surface area contributed by atoms with E-state index in [-0.39, 0.29) is 0 Å². The SMILES string of the molecule is CC(Oc1ccc(C#N)cc1)C(=O)Oc1cccc(Cl)c1. The van der Waals surface area contributed by atoms with Gasteiger partial charge in [0.1, 0.15) is 11.5 Å². The van der Waals surface area contributed by atoms with Crippen LogP contribution in [0, 0.1) is 11.3 Å². The zero-order chi connectivity index (χ0) is 15.2. The second-order valence-corrected chi connectivity index (χ2v) is 4.71. The number of hydrogen-bond donors (Lipinski definition) is 0. The minimum atomic E-state index is -0.781. The van der Waals surface area contributed by atoms with Crippen molar-refractivity contribution in [3.8, 4) is 17.6 Å². The van der Waals surface area contributed by atoms with Gasteiger partial charge in [0.05, 0.1) is 11.6 Å². The van der Waals surface area contributed by atoms with Gasteiger partial charge in [0, 0.05) is 5.02 Å². The van der Waals surface area contributed by atoms with Crippen LogP contribution in [0.2, 0.25) is 5.02 Å². The molecule has 0 aliphatic rings. The van der Waals surface area contributed by atoms with E-state index in [1.165, 1.54) is 0 Å². The fourth-order valence-electron chi connectivity index (χ4n) is 1.59. The number of carbonyl (C=O) groups is 1. The first kappa shape index (κ1) is 14.9. The lowest BCUT2D eigenvalue weighted by Gasteiger charge is -2.13. The van der Waals surface area contributed by atoms with Gasteiger partial charge >= 0.3 is 5.97 Å². The van der Waals surface area contributed by atoms with Gasteiger partial charge in [0.15, 0.2) is 6.10 Å². The van der Waals surface area contributed by atoms with Crippen LogP contribution in [0.4, 0.5) is 0 Å². The Hall–Kier alpha value is -2.51. The van der Waals surface area contributed by atoms with E-state index in [1.54, 1.807) is 55.5 Å². The molecule has 0 bridgehead atoms. The normalized spacial score (nSPS) is 11.3. The maximum absolute atomic E-state index is 11.9. The molecule has 2 aromatic rings. The maximum Gasteiger partial charge on any atom is 0.352 e. The number of rotatable bonds is 4. The molecule has 0 aliphatic carbocycles. The summed E-state index contributed by atoms with van der Waals surface area (Å²) in [6, 6.07) is 15.1. The number of nitriles is 1. The highest BCUT2D eigenvalue weighted by Crippen LogP contribution is 2.19. The molecule has 1 atom stereocenters. The van der Waals surface area contributed by atoms with Gasteiger partial charge in [-0.3, -0.25) is 0 Å². The summed E-state index contributed by atoms with van der Waals surface area (Å²) in [5, 5.41) is 9.20. The Bertz CT molecular complexity index is 677. The van der Waals surface area contributed by atoms with E-state index < -0.39 is 12.1 Å². The van der Waals surface area contributed by atoms with Crippen molar-refractivity contribution in [1.82, 2.24) is 0 Å². The fourth-order valence-corrected chi connectivity index (χ4v) is 1.77. The smallest absolute Gasteiger partial charge is 0.352 e. The number of carbonyl (C=O) groups excluding carboxylic acids is 1. The van der Waals surface area contributed by atoms with Gasteiger partial charge < -0.3 is 9.47 Å². The van der Waals surface area contributed by atoms with Gasteiger partial charge in [-0.05, 0) is 49.4 Å². The molecule has 2 rings (SSSR count). The summed E-state index contributed by atoms with van der Waals surface area (Å²) < 4.78 is 10.6. The van der Waals surface area contributed by atoms with Gasteiger partial charge in [-0.2, -0.15) is 5.26 Å². The molecule has 0 aliphatic heterocycles. The van der Waals surface area contributed by atoms with Crippen LogP contribution in [0.3, 0.4) is 0 Å². The molecule has 0 heterocycles. The number of esters is 1. The predicted molar refractivity (Wildman–Crippen MR) is 78.3 cm³/mol. The van der Waals surface area contributed by atoms with Crippen molar-refractivity contribution in [2.24, 2.45) is 0 Å². The Labute approximate surface area is 127 Å². The van der Waals surface area contributed by atoms with Crippen LogP contribution in [-0.2, 0) is 4.79 Å². The Balaban J connectivity index is 1.97. The quantitative estimate of drug-likeness (QED) is 0.639. The summed E-state index contributed by atoms with van der Waals surface area (Å²) in [7, 11) is 0. The summed E-state index contributed by atoms with van der Waals surface area (Å²) in [6.45, 7) is 1.59. The van der Waals surface area contributed by atoms with Crippen molar-refractivity contribution >= 4 is 17.6 Å². The molecule has 0 spiro atoms. The fraction of sp³-hybridized carbons (Fsp3) is 0.125. The highest BCUT2D eigenvalue weighted by molar-refractivity contribution is 6.30. The van der Waals surface area contributed by atoms with E-state index in [0.29, 0.717) is 22.1 Å². The number of benzene rings is 2. The molecule has 0 amide bonds. The van der Waals surface area contributed by atoms with E-state index in [1.807, 2.05) is 6.07 Å². The summed E-state index contributed by atoms with van der Waals surface area (Å²) in [6.07, 6.45) is -0.781. The van der Waals surface area contributed by atoms with Crippen LogP contribution in [0.1, 0.15) is 12.5 Å². The van der Waals surface area contributed by atoms with Crippen LogP contribution in [-0.4, -0.2) is 12.1 Å². The predicted octanol–water partition coefficient (Wildman–Crippen LogP) is 3.58. The van der Waals surface area contributed by atoms with E-state index in [9.17, 15) is 4.79 Å². The molecule has 5 heteroatoms. The Morgan fingerprint density at radius 3 is 2.52 bits per heavy atom. The minimum absolute atomic E-state index is 0.364. The topological polar surface area (TPSA) is 59.3 Å². The van der Waals surface area contributed by atoms with Gasteiger partial charge in [0.2, 0.25) is 0 Å². The average Bonchev–Trinajstić information content (AvgIpc) is 2.48. The number of ether oxygens (including phenoxy) is 2. The van der Waals surface area contributed by atoms with Crippen LogP contribution in [0.5, 0.6) is 11.5 Å².